The molecule has 4 heterocycles. The molecule has 0 aliphatic carbocycles. The second-order valence-electron chi connectivity index (χ2n) is 8.97. The summed E-state index contributed by atoms with van der Waals surface area (Å²) in [6.45, 7) is 5.37. The van der Waals surface area contributed by atoms with Gasteiger partial charge in [-0.25, -0.2) is 4.79 Å². The van der Waals surface area contributed by atoms with E-state index in [2.05, 4.69) is 30.7 Å². The second-order valence-corrected chi connectivity index (χ2v) is 9.36. The van der Waals surface area contributed by atoms with Crippen LogP contribution in [0.15, 0.2) is 67.0 Å². The summed E-state index contributed by atoms with van der Waals surface area (Å²) in [4.78, 5) is 21.6. The fourth-order valence-electron chi connectivity index (χ4n) is 5.03. The summed E-state index contributed by atoms with van der Waals surface area (Å²) in [7, 11) is 1.40. The van der Waals surface area contributed by atoms with Crippen molar-refractivity contribution in [2.24, 2.45) is 0 Å². The number of rotatable bonds is 8. The van der Waals surface area contributed by atoms with E-state index in [4.69, 9.17) is 21.7 Å². The molecule has 2 aromatic heterocycles. The molecule has 5 rings (SSSR count). The number of carbonyl (C=O) groups excluding carboxylic acids is 1. The molecule has 0 unspecified atom stereocenters. The van der Waals surface area contributed by atoms with Gasteiger partial charge in [0, 0.05) is 50.0 Å². The average Bonchev–Trinajstić information content (AvgIpc) is 3.54. The van der Waals surface area contributed by atoms with Crippen LogP contribution in [-0.4, -0.2) is 76.9 Å². The van der Waals surface area contributed by atoms with Crippen LogP contribution in [0, 0.1) is 0 Å². The summed E-state index contributed by atoms with van der Waals surface area (Å²) in [5, 5.41) is 4.27. The van der Waals surface area contributed by atoms with E-state index < -0.39 is 0 Å². The first-order chi connectivity index (χ1) is 17.7. The van der Waals surface area contributed by atoms with E-state index in [1.54, 1.807) is 6.07 Å². The highest BCUT2D eigenvalue weighted by atomic mass is 32.1. The fourth-order valence-corrected chi connectivity index (χ4v) is 5.36. The SMILES string of the molecule is COC(=O)c1cccc(-n2cccc2[C@@H]2[C@H](c3ccccn3)NC(=S)N2CCCN2CCOCC2)c1. The number of morpholine rings is 1. The first-order valence-corrected chi connectivity index (χ1v) is 12.7. The maximum Gasteiger partial charge on any atom is 0.337 e. The standard InChI is InChI=1S/C27H31N5O3S/c1-34-26(33)20-7-4-8-21(19-20)31-13-5-10-23(31)25-24(22-9-2-3-11-28-22)29-27(36)32(25)14-6-12-30-15-17-35-18-16-30/h2-5,7-11,13,19,24-25H,6,12,14-18H2,1H3,(H,29,36)/t24-,25+/m0/s1. The van der Waals surface area contributed by atoms with E-state index >= 15 is 0 Å². The smallest absolute Gasteiger partial charge is 0.337 e. The lowest BCUT2D eigenvalue weighted by atomic mass is 10.0. The Balaban J connectivity index is 1.46. The van der Waals surface area contributed by atoms with Gasteiger partial charge in [-0.1, -0.05) is 12.1 Å². The number of methoxy groups -OCH3 is 1. The Morgan fingerprint density at radius 2 is 2.00 bits per heavy atom. The zero-order valence-corrected chi connectivity index (χ0v) is 21.2. The van der Waals surface area contributed by atoms with Crippen molar-refractivity contribution in [2.75, 3.05) is 46.5 Å². The van der Waals surface area contributed by atoms with Crippen LogP contribution in [0.2, 0.25) is 0 Å². The number of thiocarbonyl (C=S) groups is 1. The van der Waals surface area contributed by atoms with Crippen molar-refractivity contribution in [3.8, 4) is 5.69 Å². The molecule has 2 aliphatic heterocycles. The number of hydrogen-bond donors (Lipinski definition) is 1. The van der Waals surface area contributed by atoms with Crippen molar-refractivity contribution in [3.05, 3.63) is 83.9 Å². The highest BCUT2D eigenvalue weighted by molar-refractivity contribution is 7.80. The fraction of sp³-hybridized carbons (Fsp3) is 0.370. The van der Waals surface area contributed by atoms with E-state index in [0.29, 0.717) is 5.56 Å². The van der Waals surface area contributed by atoms with Crippen LogP contribution in [0.25, 0.3) is 5.69 Å². The van der Waals surface area contributed by atoms with Gasteiger partial charge < -0.3 is 24.3 Å². The third-order valence-corrected chi connectivity index (χ3v) is 7.16. The van der Waals surface area contributed by atoms with Crippen molar-refractivity contribution >= 4 is 23.3 Å². The minimum Gasteiger partial charge on any atom is -0.465 e. The molecule has 1 N–H and O–H groups in total. The maximum absolute atomic E-state index is 12.2. The maximum atomic E-state index is 12.2. The molecule has 3 aromatic rings. The van der Waals surface area contributed by atoms with Crippen LogP contribution in [0.5, 0.6) is 0 Å². The number of hydrogen-bond acceptors (Lipinski definition) is 6. The van der Waals surface area contributed by atoms with Crippen LogP contribution in [0.3, 0.4) is 0 Å². The molecule has 0 saturated carbocycles. The van der Waals surface area contributed by atoms with E-state index in [1.165, 1.54) is 7.11 Å². The molecule has 0 amide bonds. The molecule has 2 atom stereocenters. The first-order valence-electron chi connectivity index (χ1n) is 12.3. The Bertz CT molecular complexity index is 1190. The predicted octanol–water partition coefficient (Wildman–Crippen LogP) is 3.35. The average molecular weight is 506 g/mol. The van der Waals surface area contributed by atoms with Crippen LogP contribution in [0.4, 0.5) is 0 Å². The predicted molar refractivity (Wildman–Crippen MR) is 141 cm³/mol. The lowest BCUT2D eigenvalue weighted by molar-refractivity contribution is 0.0365. The van der Waals surface area contributed by atoms with Gasteiger partial charge >= 0.3 is 5.97 Å². The molecule has 8 nitrogen and oxygen atoms in total. The van der Waals surface area contributed by atoms with Gasteiger partial charge in [-0.2, -0.15) is 0 Å². The summed E-state index contributed by atoms with van der Waals surface area (Å²) in [6, 6.07) is 17.4. The van der Waals surface area contributed by atoms with Gasteiger partial charge in [0.15, 0.2) is 5.11 Å². The van der Waals surface area contributed by atoms with Crippen LogP contribution in [0.1, 0.15) is 40.3 Å². The third kappa shape index (κ3) is 5.13. The number of pyridine rings is 1. The number of nitrogens with one attached hydrogen (secondary N) is 1. The highest BCUT2D eigenvalue weighted by Crippen LogP contribution is 2.39. The number of esters is 1. The Kier molecular flexibility index (Phi) is 7.60. The minimum absolute atomic E-state index is 0.0612. The van der Waals surface area contributed by atoms with Gasteiger partial charge in [-0.3, -0.25) is 9.88 Å². The van der Waals surface area contributed by atoms with E-state index in [9.17, 15) is 4.79 Å². The summed E-state index contributed by atoms with van der Waals surface area (Å²) in [6.07, 6.45) is 4.83. The zero-order valence-electron chi connectivity index (χ0n) is 20.4. The Morgan fingerprint density at radius 1 is 1.14 bits per heavy atom. The van der Waals surface area contributed by atoms with E-state index in [-0.39, 0.29) is 18.1 Å². The van der Waals surface area contributed by atoms with Crippen LogP contribution < -0.4 is 5.32 Å². The van der Waals surface area contributed by atoms with Crippen LogP contribution in [-0.2, 0) is 9.47 Å². The molecular formula is C27H31N5O3S. The van der Waals surface area contributed by atoms with Crippen molar-refractivity contribution < 1.29 is 14.3 Å². The molecule has 188 valence electrons. The molecule has 0 radical (unpaired) electrons. The lowest BCUT2D eigenvalue weighted by Gasteiger charge is -2.31. The van der Waals surface area contributed by atoms with Gasteiger partial charge in [-0.15, -0.1) is 0 Å². The summed E-state index contributed by atoms with van der Waals surface area (Å²) in [5.74, 6) is -0.356. The minimum atomic E-state index is -0.356. The molecule has 0 spiro atoms. The quantitative estimate of drug-likeness (QED) is 0.369. The van der Waals surface area contributed by atoms with Crippen molar-refractivity contribution in [1.82, 2.24) is 24.7 Å². The second kappa shape index (κ2) is 11.2. The summed E-state index contributed by atoms with van der Waals surface area (Å²) >= 11 is 5.85. The van der Waals surface area contributed by atoms with Crippen LogP contribution >= 0.6 is 12.2 Å². The lowest BCUT2D eigenvalue weighted by Crippen LogP contribution is -2.39. The third-order valence-electron chi connectivity index (χ3n) is 6.80. The number of nitrogens with zero attached hydrogens (tertiary/aromatic N) is 4. The highest BCUT2D eigenvalue weighted by Gasteiger charge is 2.41. The molecule has 9 heteroatoms. The van der Waals surface area contributed by atoms with E-state index in [1.807, 2.05) is 54.9 Å². The van der Waals surface area contributed by atoms with Gasteiger partial charge in [0.2, 0.25) is 0 Å². The molecule has 2 aliphatic rings. The summed E-state index contributed by atoms with van der Waals surface area (Å²) in [5.41, 5.74) is 3.42. The Labute approximate surface area is 216 Å². The molecule has 2 fully saturated rings. The van der Waals surface area contributed by atoms with Gasteiger partial charge in [0.05, 0.1) is 43.7 Å². The van der Waals surface area contributed by atoms with Crippen molar-refractivity contribution in [3.63, 3.8) is 0 Å². The van der Waals surface area contributed by atoms with E-state index in [0.717, 1.165) is 68.0 Å². The zero-order chi connectivity index (χ0) is 24.9. The number of ether oxygens (including phenoxy) is 2. The first kappa shape index (κ1) is 24.4. The normalized spacial score (nSPS) is 20.4. The topological polar surface area (TPSA) is 71.9 Å². The Hall–Kier alpha value is -3.27. The van der Waals surface area contributed by atoms with Gasteiger partial charge in [-0.05, 0) is 61.1 Å². The van der Waals surface area contributed by atoms with Crippen molar-refractivity contribution in [1.29, 1.82) is 0 Å². The largest absolute Gasteiger partial charge is 0.465 e. The number of benzene rings is 1. The van der Waals surface area contributed by atoms with Gasteiger partial charge in [0.25, 0.3) is 0 Å². The molecule has 2 saturated heterocycles. The van der Waals surface area contributed by atoms with Crippen molar-refractivity contribution in [2.45, 2.75) is 18.5 Å². The molecule has 36 heavy (non-hydrogen) atoms. The number of aromatic nitrogens is 2. The summed E-state index contributed by atoms with van der Waals surface area (Å²) < 4.78 is 12.5. The molecular weight excluding hydrogens is 474 g/mol. The number of carbonyl (C=O) groups is 1. The monoisotopic (exact) mass is 505 g/mol. The molecule has 0 bridgehead atoms. The van der Waals surface area contributed by atoms with Gasteiger partial charge in [0.1, 0.15) is 0 Å². The Morgan fingerprint density at radius 3 is 2.78 bits per heavy atom. The molecule has 1 aromatic carbocycles.